The molecule has 0 radical (unpaired) electrons. The van der Waals surface area contributed by atoms with Crippen LogP contribution < -0.4 is 0 Å². The van der Waals surface area contributed by atoms with Crippen LogP contribution in [0.15, 0.2) is 0 Å². The quantitative estimate of drug-likeness (QED) is 0.464. The van der Waals surface area contributed by atoms with Crippen LogP contribution >= 0.6 is 0 Å². The predicted molar refractivity (Wildman–Crippen MR) is 88.0 cm³/mol. The van der Waals surface area contributed by atoms with Crippen molar-refractivity contribution in [1.29, 1.82) is 0 Å². The van der Waals surface area contributed by atoms with E-state index in [-0.39, 0.29) is 5.60 Å². The molecule has 2 rings (SSSR count). The highest BCUT2D eigenvalue weighted by molar-refractivity contribution is 4.91. The van der Waals surface area contributed by atoms with Crippen molar-refractivity contribution in [2.24, 2.45) is 17.3 Å². The Morgan fingerprint density at radius 3 is 1.52 bits per heavy atom. The molecule has 2 saturated carbocycles. The van der Waals surface area contributed by atoms with Crippen LogP contribution in [0.4, 0.5) is 0 Å². The summed E-state index contributed by atoms with van der Waals surface area (Å²) < 4.78 is 0. The van der Waals surface area contributed by atoms with Crippen molar-refractivity contribution in [3.63, 3.8) is 0 Å². The Bertz CT molecular complexity index is 275. The van der Waals surface area contributed by atoms with Gasteiger partial charge in [-0.2, -0.15) is 0 Å². The first-order chi connectivity index (χ1) is 9.92. The van der Waals surface area contributed by atoms with E-state index in [2.05, 4.69) is 27.7 Å². The molecule has 0 unspecified atom stereocenters. The van der Waals surface area contributed by atoms with E-state index in [4.69, 9.17) is 9.78 Å². The van der Waals surface area contributed by atoms with Crippen molar-refractivity contribution in [3.05, 3.63) is 0 Å². The number of rotatable bonds is 5. The second-order valence-electron chi connectivity index (χ2n) is 8.63. The largest absolute Gasteiger partial charge is 0.236 e. The fourth-order valence-corrected chi connectivity index (χ4v) is 4.43. The first kappa shape index (κ1) is 17.3. The van der Waals surface area contributed by atoms with Crippen molar-refractivity contribution in [2.45, 2.75) is 97.5 Å². The Kier molecular flexibility index (Phi) is 6.14. The lowest BCUT2D eigenvalue weighted by Gasteiger charge is -2.46. The van der Waals surface area contributed by atoms with Gasteiger partial charge in [0.15, 0.2) is 0 Å². The van der Waals surface area contributed by atoms with E-state index in [1.54, 1.807) is 0 Å². The summed E-state index contributed by atoms with van der Waals surface area (Å²) in [5, 5.41) is 0. The molecule has 2 aliphatic carbocycles. The number of hydrogen-bond donors (Lipinski definition) is 0. The molecule has 2 nitrogen and oxygen atoms in total. The van der Waals surface area contributed by atoms with Crippen molar-refractivity contribution in [2.75, 3.05) is 6.61 Å². The topological polar surface area (TPSA) is 18.5 Å². The highest BCUT2D eigenvalue weighted by Crippen LogP contribution is 2.49. The molecule has 2 aliphatic rings. The van der Waals surface area contributed by atoms with Crippen molar-refractivity contribution in [3.8, 4) is 0 Å². The summed E-state index contributed by atoms with van der Waals surface area (Å²) in [4.78, 5) is 11.4. The van der Waals surface area contributed by atoms with Gasteiger partial charge in [-0.05, 0) is 63.7 Å². The standard InChI is InChI=1S/C19H36O2/c1-18(2,3)21-20-15-19(4,16-11-7-5-8-12-16)17-13-9-6-10-14-17/h16-17H,5-15H2,1-4H3. The van der Waals surface area contributed by atoms with Crippen LogP contribution in [0.5, 0.6) is 0 Å². The van der Waals surface area contributed by atoms with E-state index in [9.17, 15) is 0 Å². The van der Waals surface area contributed by atoms with E-state index in [0.717, 1.165) is 18.4 Å². The molecule has 0 saturated heterocycles. The molecular formula is C19H36O2. The first-order valence-electron chi connectivity index (χ1n) is 9.22. The van der Waals surface area contributed by atoms with E-state index >= 15 is 0 Å². The monoisotopic (exact) mass is 296 g/mol. The van der Waals surface area contributed by atoms with Crippen molar-refractivity contribution < 1.29 is 9.78 Å². The van der Waals surface area contributed by atoms with Gasteiger partial charge in [0, 0.05) is 0 Å². The third-order valence-electron chi connectivity index (χ3n) is 5.75. The maximum Gasteiger partial charge on any atom is 0.0952 e. The highest BCUT2D eigenvalue weighted by Gasteiger charge is 2.42. The summed E-state index contributed by atoms with van der Waals surface area (Å²) in [7, 11) is 0. The molecule has 0 bridgehead atoms. The molecule has 0 aromatic heterocycles. The molecule has 0 aromatic rings. The minimum atomic E-state index is -0.208. The molecule has 2 heteroatoms. The van der Waals surface area contributed by atoms with Gasteiger partial charge in [0.1, 0.15) is 0 Å². The SMILES string of the molecule is CC(C)(C)OOCC(C)(C1CCCCC1)C1CCCCC1. The van der Waals surface area contributed by atoms with Gasteiger partial charge < -0.3 is 0 Å². The summed E-state index contributed by atoms with van der Waals surface area (Å²) >= 11 is 0. The van der Waals surface area contributed by atoms with Crippen LogP contribution in [-0.2, 0) is 9.78 Å². The third-order valence-corrected chi connectivity index (χ3v) is 5.75. The summed E-state index contributed by atoms with van der Waals surface area (Å²) in [5.74, 6) is 1.66. The first-order valence-corrected chi connectivity index (χ1v) is 9.22. The van der Waals surface area contributed by atoms with E-state index < -0.39 is 0 Å². The lowest BCUT2D eigenvalue weighted by molar-refractivity contribution is -0.365. The lowest BCUT2D eigenvalue weighted by Crippen LogP contribution is -2.42. The van der Waals surface area contributed by atoms with Crippen LogP contribution in [0.3, 0.4) is 0 Å². The van der Waals surface area contributed by atoms with Crippen molar-refractivity contribution in [1.82, 2.24) is 0 Å². The molecule has 21 heavy (non-hydrogen) atoms. The second kappa shape index (κ2) is 7.46. The molecule has 0 aromatic carbocycles. The zero-order valence-electron chi connectivity index (χ0n) is 14.7. The molecule has 0 amide bonds. The fraction of sp³-hybridized carbons (Fsp3) is 1.00. The molecule has 0 atom stereocenters. The molecular weight excluding hydrogens is 260 g/mol. The zero-order chi connectivity index (χ0) is 15.3. The van der Waals surface area contributed by atoms with E-state index in [1.807, 2.05) is 0 Å². The van der Waals surface area contributed by atoms with Gasteiger partial charge in [0.05, 0.1) is 12.2 Å². The molecule has 124 valence electrons. The maximum absolute atomic E-state index is 5.77. The minimum absolute atomic E-state index is 0.208. The Labute approximate surface area is 131 Å². The van der Waals surface area contributed by atoms with Gasteiger partial charge in [0.2, 0.25) is 0 Å². The van der Waals surface area contributed by atoms with E-state index in [1.165, 1.54) is 64.2 Å². The van der Waals surface area contributed by atoms with E-state index in [0.29, 0.717) is 5.41 Å². The predicted octanol–water partition coefficient (Wildman–Crippen LogP) is 5.90. The minimum Gasteiger partial charge on any atom is -0.236 e. The summed E-state index contributed by atoms with van der Waals surface area (Å²) in [6.45, 7) is 9.45. The van der Waals surface area contributed by atoms with Crippen LogP contribution in [0.25, 0.3) is 0 Å². The van der Waals surface area contributed by atoms with Crippen LogP contribution in [0.2, 0.25) is 0 Å². The van der Waals surface area contributed by atoms with Gasteiger partial charge >= 0.3 is 0 Å². The normalized spacial score (nSPS) is 23.4. The molecule has 0 N–H and O–H groups in total. The van der Waals surface area contributed by atoms with Crippen LogP contribution in [-0.4, -0.2) is 12.2 Å². The summed E-state index contributed by atoms with van der Waals surface area (Å²) in [5.41, 5.74) is 0.103. The average molecular weight is 296 g/mol. The van der Waals surface area contributed by atoms with Gasteiger partial charge in [-0.15, -0.1) is 0 Å². The number of hydrogen-bond acceptors (Lipinski definition) is 2. The lowest BCUT2D eigenvalue weighted by atomic mass is 9.60. The molecule has 2 fully saturated rings. The molecule has 0 spiro atoms. The van der Waals surface area contributed by atoms with Gasteiger partial charge in [-0.1, -0.05) is 45.4 Å². The van der Waals surface area contributed by atoms with Crippen LogP contribution in [0.1, 0.15) is 91.9 Å². The fourth-order valence-electron chi connectivity index (χ4n) is 4.43. The molecule has 0 heterocycles. The summed E-state index contributed by atoms with van der Waals surface area (Å²) in [6.07, 6.45) is 14.1. The Morgan fingerprint density at radius 2 is 1.14 bits per heavy atom. The van der Waals surface area contributed by atoms with Gasteiger partial charge in [-0.25, -0.2) is 9.78 Å². The Hall–Kier alpha value is -0.0800. The molecule has 0 aliphatic heterocycles. The van der Waals surface area contributed by atoms with Gasteiger partial charge in [-0.3, -0.25) is 0 Å². The van der Waals surface area contributed by atoms with Gasteiger partial charge in [0.25, 0.3) is 0 Å². The Morgan fingerprint density at radius 1 is 0.714 bits per heavy atom. The summed E-state index contributed by atoms with van der Waals surface area (Å²) in [6, 6.07) is 0. The smallest absolute Gasteiger partial charge is 0.0952 e. The zero-order valence-corrected chi connectivity index (χ0v) is 14.7. The maximum atomic E-state index is 5.77. The average Bonchev–Trinajstić information content (AvgIpc) is 2.47. The van der Waals surface area contributed by atoms with Crippen LogP contribution in [0, 0.1) is 17.3 Å². The Balaban J connectivity index is 2.01. The van der Waals surface area contributed by atoms with Crippen molar-refractivity contribution >= 4 is 0 Å². The second-order valence-corrected chi connectivity index (χ2v) is 8.63. The third kappa shape index (κ3) is 4.96. The highest BCUT2D eigenvalue weighted by atomic mass is 17.2.